The number of fused-ring (bicyclic) bond motifs is 1. The van der Waals surface area contributed by atoms with Crippen LogP contribution in [-0.4, -0.2) is 77.2 Å². The average Bonchev–Trinajstić information content (AvgIpc) is 3.36. The third-order valence-corrected chi connectivity index (χ3v) is 10.3. The van der Waals surface area contributed by atoms with E-state index in [1.807, 2.05) is 4.68 Å². The monoisotopic (exact) mass is 615 g/mol. The number of likely N-dealkylation sites (N-methyl/N-ethyl adjacent to an activating group) is 1. The first kappa shape index (κ1) is 28.2. The quantitative estimate of drug-likeness (QED) is 0.302. The molecule has 0 atom stereocenters. The molecule has 1 saturated carbocycles. The smallest absolute Gasteiger partial charge is 0.340 e. The second-order valence-electron chi connectivity index (χ2n) is 10.7. The minimum absolute atomic E-state index is 0.0872. The van der Waals surface area contributed by atoms with E-state index in [0.717, 1.165) is 57.4 Å². The highest BCUT2D eigenvalue weighted by Crippen LogP contribution is 2.38. The van der Waals surface area contributed by atoms with Crippen LogP contribution in [0.15, 0.2) is 53.7 Å². The molecule has 13 heteroatoms. The number of benzene rings is 2. The van der Waals surface area contributed by atoms with Crippen molar-refractivity contribution in [1.29, 1.82) is 0 Å². The zero-order chi connectivity index (χ0) is 28.7. The summed E-state index contributed by atoms with van der Waals surface area (Å²) < 4.78 is 33.0. The Kier molecular flexibility index (Phi) is 7.82. The lowest BCUT2D eigenvalue weighted by Gasteiger charge is -2.41. The summed E-state index contributed by atoms with van der Waals surface area (Å²) >= 11 is 12.1. The summed E-state index contributed by atoms with van der Waals surface area (Å²) in [6, 6.07) is 11.8. The predicted molar refractivity (Wildman–Crippen MR) is 160 cm³/mol. The molecular weight excluding hydrogens is 585 g/mol. The first-order chi connectivity index (χ1) is 19.7. The summed E-state index contributed by atoms with van der Waals surface area (Å²) in [6.07, 6.45) is 5.71. The van der Waals surface area contributed by atoms with Crippen molar-refractivity contribution in [2.24, 2.45) is 0 Å². The van der Waals surface area contributed by atoms with Gasteiger partial charge in [-0.15, -0.1) is 0 Å². The van der Waals surface area contributed by atoms with Gasteiger partial charge in [-0.3, -0.25) is 4.90 Å². The van der Waals surface area contributed by atoms with E-state index >= 15 is 0 Å². The lowest BCUT2D eigenvalue weighted by atomic mass is 9.90. The van der Waals surface area contributed by atoms with Crippen molar-refractivity contribution in [3.8, 4) is 17.0 Å². The van der Waals surface area contributed by atoms with Gasteiger partial charge >= 0.3 is 10.1 Å². The first-order valence-corrected chi connectivity index (χ1v) is 15.8. The molecule has 4 aromatic rings. The Morgan fingerprint density at radius 3 is 2.32 bits per heavy atom. The molecule has 10 nitrogen and oxygen atoms in total. The van der Waals surface area contributed by atoms with E-state index < -0.39 is 10.1 Å². The van der Waals surface area contributed by atoms with Gasteiger partial charge in [0, 0.05) is 37.8 Å². The van der Waals surface area contributed by atoms with Gasteiger partial charge < -0.3 is 14.8 Å². The topological polar surface area (TPSA) is 119 Å². The van der Waals surface area contributed by atoms with E-state index in [2.05, 4.69) is 26.8 Å². The molecule has 0 spiro atoms. The van der Waals surface area contributed by atoms with Gasteiger partial charge in [0.05, 0.1) is 21.5 Å². The van der Waals surface area contributed by atoms with E-state index in [0.29, 0.717) is 28.6 Å². The van der Waals surface area contributed by atoms with Crippen molar-refractivity contribution in [2.45, 2.75) is 42.7 Å². The number of hydrogen-bond acceptors (Lipinski definition) is 9. The fourth-order valence-electron chi connectivity index (χ4n) is 5.82. The summed E-state index contributed by atoms with van der Waals surface area (Å²) in [5.74, 6) is 0.473. The number of aromatic nitrogens is 4. The molecule has 0 unspecified atom stereocenters. The number of piperazine rings is 1. The zero-order valence-electron chi connectivity index (χ0n) is 22.6. The summed E-state index contributed by atoms with van der Waals surface area (Å²) in [7, 11) is -2.01. The zero-order valence-corrected chi connectivity index (χ0v) is 24.9. The third-order valence-electron chi connectivity index (χ3n) is 8.10. The second kappa shape index (κ2) is 11.4. The first-order valence-electron chi connectivity index (χ1n) is 13.6. The molecule has 0 radical (unpaired) electrons. The van der Waals surface area contributed by atoms with Gasteiger partial charge in [-0.05, 0) is 69.1 Å². The van der Waals surface area contributed by atoms with Crippen molar-refractivity contribution in [3.63, 3.8) is 0 Å². The number of rotatable bonds is 6. The van der Waals surface area contributed by atoms with Crippen LogP contribution in [0.1, 0.15) is 31.7 Å². The largest absolute Gasteiger partial charge is 0.383 e. The molecule has 2 aromatic heterocycles. The molecule has 216 valence electrons. The number of nitrogens with zero attached hydrogens (tertiary/aromatic N) is 6. The van der Waals surface area contributed by atoms with Crippen LogP contribution >= 0.6 is 23.2 Å². The van der Waals surface area contributed by atoms with Gasteiger partial charge in [0.2, 0.25) is 0 Å². The van der Waals surface area contributed by atoms with E-state index in [4.69, 9.17) is 38.2 Å². The maximum absolute atomic E-state index is 12.8. The summed E-state index contributed by atoms with van der Waals surface area (Å²) in [6.45, 7) is 4.48. The van der Waals surface area contributed by atoms with Gasteiger partial charge in [0.15, 0.2) is 5.65 Å². The predicted octanol–water partition coefficient (Wildman–Crippen LogP) is 4.88. The normalized spacial score (nSPS) is 20.9. The molecule has 1 aliphatic carbocycles. The van der Waals surface area contributed by atoms with Crippen LogP contribution in [0, 0.1) is 0 Å². The minimum Gasteiger partial charge on any atom is -0.383 e. The lowest BCUT2D eigenvalue weighted by Crippen LogP contribution is -2.49. The number of anilines is 1. The molecule has 2 aliphatic rings. The van der Waals surface area contributed by atoms with Crippen LogP contribution in [0.4, 0.5) is 5.82 Å². The molecular formula is C28H31Cl2N7O3S. The standard InChI is InChI=1S/C28H31Cl2N7O3S/c1-35-13-15-36(16-14-35)19-7-9-20(10-8-19)37-28-24(27(31)32-17-33-28)26(34-37)18-5-11-21(12-6-18)40-41(38,39)23-4-2-3-22(29)25(23)30/h2-6,11-12,17,19-20H,7-10,13-16H2,1H3,(H2,31,32,33). The maximum atomic E-state index is 12.8. The molecule has 2 N–H and O–H groups in total. The van der Waals surface area contributed by atoms with Crippen LogP contribution < -0.4 is 9.92 Å². The molecule has 2 aromatic carbocycles. The van der Waals surface area contributed by atoms with Gasteiger partial charge in [-0.25, -0.2) is 14.6 Å². The molecule has 2 fully saturated rings. The van der Waals surface area contributed by atoms with E-state index in [1.165, 1.54) is 24.5 Å². The van der Waals surface area contributed by atoms with Crippen molar-refractivity contribution < 1.29 is 12.6 Å². The molecule has 6 rings (SSSR count). The minimum atomic E-state index is -4.19. The fraction of sp³-hybridized carbons (Fsp3) is 0.393. The van der Waals surface area contributed by atoms with Crippen LogP contribution in [0.2, 0.25) is 10.0 Å². The van der Waals surface area contributed by atoms with E-state index in [-0.39, 0.29) is 26.7 Å². The van der Waals surface area contributed by atoms with Crippen LogP contribution in [-0.2, 0) is 10.1 Å². The second-order valence-corrected chi connectivity index (χ2v) is 13.0. The molecule has 0 amide bonds. The van der Waals surface area contributed by atoms with Crippen LogP contribution in [0.25, 0.3) is 22.3 Å². The molecule has 1 aliphatic heterocycles. The Hall–Kier alpha value is -2.96. The summed E-state index contributed by atoms with van der Waals surface area (Å²) in [4.78, 5) is 13.6. The number of nitrogen functional groups attached to an aromatic ring is 1. The van der Waals surface area contributed by atoms with E-state index in [1.54, 1.807) is 24.3 Å². The van der Waals surface area contributed by atoms with Crippen molar-refractivity contribution >= 4 is 50.2 Å². The molecule has 3 heterocycles. The van der Waals surface area contributed by atoms with Gasteiger partial charge in [0.25, 0.3) is 0 Å². The highest BCUT2D eigenvalue weighted by atomic mass is 35.5. The highest BCUT2D eigenvalue weighted by molar-refractivity contribution is 7.87. The van der Waals surface area contributed by atoms with Gasteiger partial charge in [-0.2, -0.15) is 13.5 Å². The maximum Gasteiger partial charge on any atom is 0.340 e. The van der Waals surface area contributed by atoms with Crippen molar-refractivity contribution in [2.75, 3.05) is 39.0 Å². The third kappa shape index (κ3) is 5.61. The number of halogens is 2. The summed E-state index contributed by atoms with van der Waals surface area (Å²) in [5.41, 5.74) is 8.42. The van der Waals surface area contributed by atoms with Crippen molar-refractivity contribution in [3.05, 3.63) is 58.8 Å². The number of hydrogen-bond donors (Lipinski definition) is 1. The van der Waals surface area contributed by atoms with Crippen LogP contribution in [0.3, 0.4) is 0 Å². The Morgan fingerprint density at radius 2 is 1.61 bits per heavy atom. The van der Waals surface area contributed by atoms with Crippen molar-refractivity contribution in [1.82, 2.24) is 29.5 Å². The van der Waals surface area contributed by atoms with E-state index in [9.17, 15) is 8.42 Å². The Balaban J connectivity index is 1.24. The summed E-state index contributed by atoms with van der Waals surface area (Å²) in [5, 5.41) is 5.71. The fourth-order valence-corrected chi connectivity index (χ4v) is 7.49. The van der Waals surface area contributed by atoms with Crippen LogP contribution in [0.5, 0.6) is 5.75 Å². The Morgan fingerprint density at radius 1 is 0.927 bits per heavy atom. The SMILES string of the molecule is CN1CCN(C2CCC(n3nc(-c4ccc(OS(=O)(=O)c5cccc(Cl)c5Cl)cc4)c4c(N)ncnc43)CC2)CC1. The Bertz CT molecular complexity index is 1660. The Labute approximate surface area is 249 Å². The molecule has 1 saturated heterocycles. The molecule has 0 bridgehead atoms. The van der Waals surface area contributed by atoms with Gasteiger partial charge in [-0.1, -0.05) is 29.3 Å². The lowest BCUT2D eigenvalue weighted by molar-refractivity contribution is 0.0815. The highest BCUT2D eigenvalue weighted by Gasteiger charge is 2.31. The van der Waals surface area contributed by atoms with Gasteiger partial charge in [0.1, 0.15) is 28.5 Å². The number of nitrogens with two attached hydrogens (primary N) is 1. The average molecular weight is 617 g/mol. The molecule has 41 heavy (non-hydrogen) atoms.